The van der Waals surface area contributed by atoms with Crippen LogP contribution in [0.2, 0.25) is 0 Å². The molecule has 3 unspecified atom stereocenters. The van der Waals surface area contributed by atoms with Crippen LogP contribution in [0.3, 0.4) is 0 Å². The highest BCUT2D eigenvalue weighted by molar-refractivity contribution is 5.11. The van der Waals surface area contributed by atoms with Crippen molar-refractivity contribution in [3.8, 4) is 6.07 Å². The second-order valence-corrected chi connectivity index (χ2v) is 5.22. The third-order valence-electron chi connectivity index (χ3n) is 4.42. The number of hydrogen-bond acceptors (Lipinski definition) is 3. The van der Waals surface area contributed by atoms with E-state index in [1.807, 2.05) is 0 Å². The summed E-state index contributed by atoms with van der Waals surface area (Å²) in [7, 11) is 0. The Kier molecular flexibility index (Phi) is 2.22. The molecule has 0 radical (unpaired) electrons. The molecule has 3 rings (SSSR count). The van der Waals surface area contributed by atoms with E-state index >= 15 is 0 Å². The second kappa shape index (κ2) is 3.47. The van der Waals surface area contributed by atoms with Gasteiger partial charge < -0.3 is 9.47 Å². The van der Waals surface area contributed by atoms with E-state index in [4.69, 9.17) is 9.47 Å². The SMILES string of the molecule is N#CC1(CC2OCCO2)CC2CCC1C2. The molecule has 1 heterocycles. The Morgan fingerprint density at radius 1 is 1.27 bits per heavy atom. The lowest BCUT2D eigenvalue weighted by atomic mass is 9.72. The van der Waals surface area contributed by atoms with E-state index in [0.29, 0.717) is 19.1 Å². The molecule has 0 aromatic rings. The Morgan fingerprint density at radius 3 is 2.60 bits per heavy atom. The molecule has 0 aromatic heterocycles. The molecule has 3 atom stereocenters. The van der Waals surface area contributed by atoms with Crippen molar-refractivity contribution in [3.05, 3.63) is 0 Å². The number of nitriles is 1. The maximum absolute atomic E-state index is 9.44. The van der Waals surface area contributed by atoms with Gasteiger partial charge in [0.25, 0.3) is 0 Å². The predicted octanol–water partition coefficient (Wildman–Crippen LogP) is 2.08. The second-order valence-electron chi connectivity index (χ2n) is 5.22. The standard InChI is InChI=1S/C12H17NO2/c13-8-12(7-11-14-3-4-15-11)6-9-1-2-10(12)5-9/h9-11H,1-7H2. The van der Waals surface area contributed by atoms with Crippen LogP contribution in [-0.4, -0.2) is 19.5 Å². The minimum Gasteiger partial charge on any atom is -0.350 e. The molecule has 1 aliphatic heterocycles. The molecule has 0 spiro atoms. The van der Waals surface area contributed by atoms with Crippen molar-refractivity contribution >= 4 is 0 Å². The number of fused-ring (bicyclic) bond motifs is 2. The first-order chi connectivity index (χ1) is 7.32. The molecule has 2 saturated carbocycles. The molecule has 0 aromatic carbocycles. The average Bonchev–Trinajstić information content (AvgIpc) is 2.93. The largest absolute Gasteiger partial charge is 0.350 e. The van der Waals surface area contributed by atoms with E-state index in [1.54, 1.807) is 0 Å². The predicted molar refractivity (Wildman–Crippen MR) is 53.8 cm³/mol. The molecule has 0 N–H and O–H groups in total. The summed E-state index contributed by atoms with van der Waals surface area (Å²) in [6.07, 6.45) is 5.61. The van der Waals surface area contributed by atoms with Crippen LogP contribution in [0.5, 0.6) is 0 Å². The summed E-state index contributed by atoms with van der Waals surface area (Å²) < 4.78 is 11.0. The summed E-state index contributed by atoms with van der Waals surface area (Å²) in [5.74, 6) is 1.41. The summed E-state index contributed by atoms with van der Waals surface area (Å²) >= 11 is 0. The monoisotopic (exact) mass is 207 g/mol. The first-order valence-electron chi connectivity index (χ1n) is 5.97. The van der Waals surface area contributed by atoms with Crippen LogP contribution < -0.4 is 0 Å². The average molecular weight is 207 g/mol. The smallest absolute Gasteiger partial charge is 0.159 e. The van der Waals surface area contributed by atoms with Gasteiger partial charge in [0.2, 0.25) is 0 Å². The van der Waals surface area contributed by atoms with E-state index in [1.165, 1.54) is 19.3 Å². The van der Waals surface area contributed by atoms with Crippen LogP contribution in [0, 0.1) is 28.6 Å². The Labute approximate surface area is 90.4 Å². The molecule has 2 bridgehead atoms. The quantitative estimate of drug-likeness (QED) is 0.696. The highest BCUT2D eigenvalue weighted by Crippen LogP contribution is 2.57. The number of rotatable bonds is 2. The van der Waals surface area contributed by atoms with Crippen molar-refractivity contribution in [1.82, 2.24) is 0 Å². The van der Waals surface area contributed by atoms with Crippen molar-refractivity contribution < 1.29 is 9.47 Å². The molecular weight excluding hydrogens is 190 g/mol. The molecule has 15 heavy (non-hydrogen) atoms. The number of ether oxygens (including phenoxy) is 2. The highest BCUT2D eigenvalue weighted by Gasteiger charge is 2.52. The van der Waals surface area contributed by atoms with Gasteiger partial charge in [0.05, 0.1) is 24.7 Å². The maximum Gasteiger partial charge on any atom is 0.159 e. The fourth-order valence-corrected chi connectivity index (χ4v) is 3.70. The third kappa shape index (κ3) is 1.47. The fourth-order valence-electron chi connectivity index (χ4n) is 3.70. The zero-order chi connectivity index (χ0) is 10.3. The van der Waals surface area contributed by atoms with Gasteiger partial charge in [-0.1, -0.05) is 6.42 Å². The molecule has 3 fully saturated rings. The highest BCUT2D eigenvalue weighted by atomic mass is 16.7. The van der Waals surface area contributed by atoms with Gasteiger partial charge in [-0.15, -0.1) is 0 Å². The third-order valence-corrected chi connectivity index (χ3v) is 4.42. The normalized spacial score (nSPS) is 44.7. The minimum atomic E-state index is -0.127. The lowest BCUT2D eigenvalue weighted by Gasteiger charge is -2.32. The maximum atomic E-state index is 9.44. The molecule has 1 saturated heterocycles. The Morgan fingerprint density at radius 2 is 2.07 bits per heavy atom. The van der Waals surface area contributed by atoms with Gasteiger partial charge in [0, 0.05) is 6.42 Å². The Hall–Kier alpha value is -0.590. The summed E-state index contributed by atoms with van der Waals surface area (Å²) in [6, 6.07) is 2.58. The summed E-state index contributed by atoms with van der Waals surface area (Å²) in [4.78, 5) is 0. The van der Waals surface area contributed by atoms with Gasteiger partial charge in [-0.05, 0) is 31.1 Å². The van der Waals surface area contributed by atoms with Crippen LogP contribution >= 0.6 is 0 Å². The molecule has 0 amide bonds. The fraction of sp³-hybridized carbons (Fsp3) is 0.917. The Bertz CT molecular complexity index is 292. The molecule has 3 nitrogen and oxygen atoms in total. The number of nitrogens with zero attached hydrogens (tertiary/aromatic N) is 1. The number of hydrogen-bond donors (Lipinski definition) is 0. The summed E-state index contributed by atoms with van der Waals surface area (Å²) in [5.41, 5.74) is -0.127. The van der Waals surface area contributed by atoms with Crippen molar-refractivity contribution in [1.29, 1.82) is 5.26 Å². The summed E-state index contributed by atoms with van der Waals surface area (Å²) in [5, 5.41) is 9.44. The minimum absolute atomic E-state index is 0.107. The van der Waals surface area contributed by atoms with Crippen molar-refractivity contribution in [2.24, 2.45) is 17.3 Å². The topological polar surface area (TPSA) is 42.2 Å². The van der Waals surface area contributed by atoms with E-state index in [2.05, 4.69) is 6.07 Å². The zero-order valence-corrected chi connectivity index (χ0v) is 8.95. The van der Waals surface area contributed by atoms with Crippen LogP contribution in [-0.2, 0) is 9.47 Å². The van der Waals surface area contributed by atoms with Crippen molar-refractivity contribution in [2.75, 3.05) is 13.2 Å². The van der Waals surface area contributed by atoms with Gasteiger partial charge in [-0.2, -0.15) is 5.26 Å². The van der Waals surface area contributed by atoms with Gasteiger partial charge in [0.1, 0.15) is 0 Å². The van der Waals surface area contributed by atoms with Crippen molar-refractivity contribution in [2.45, 2.75) is 38.4 Å². The van der Waals surface area contributed by atoms with Crippen LogP contribution in [0.4, 0.5) is 0 Å². The van der Waals surface area contributed by atoms with E-state index in [9.17, 15) is 5.26 Å². The Balaban J connectivity index is 1.73. The molecular formula is C12H17NO2. The van der Waals surface area contributed by atoms with Gasteiger partial charge >= 0.3 is 0 Å². The summed E-state index contributed by atoms with van der Waals surface area (Å²) in [6.45, 7) is 1.39. The van der Waals surface area contributed by atoms with Crippen LogP contribution in [0.1, 0.15) is 32.1 Å². The van der Waals surface area contributed by atoms with E-state index in [-0.39, 0.29) is 11.7 Å². The first kappa shape index (κ1) is 9.62. The van der Waals surface area contributed by atoms with E-state index in [0.717, 1.165) is 18.8 Å². The van der Waals surface area contributed by atoms with Crippen LogP contribution in [0.15, 0.2) is 0 Å². The molecule has 3 aliphatic rings. The molecule has 82 valence electrons. The van der Waals surface area contributed by atoms with Crippen molar-refractivity contribution in [3.63, 3.8) is 0 Å². The lowest BCUT2D eigenvalue weighted by molar-refractivity contribution is -0.0722. The van der Waals surface area contributed by atoms with E-state index < -0.39 is 0 Å². The van der Waals surface area contributed by atoms with Gasteiger partial charge in [0.15, 0.2) is 6.29 Å². The molecule has 3 heteroatoms. The molecule has 2 aliphatic carbocycles. The van der Waals surface area contributed by atoms with Gasteiger partial charge in [-0.25, -0.2) is 0 Å². The first-order valence-corrected chi connectivity index (χ1v) is 5.97. The lowest BCUT2D eigenvalue weighted by Crippen LogP contribution is -2.31. The van der Waals surface area contributed by atoms with Crippen LogP contribution in [0.25, 0.3) is 0 Å². The van der Waals surface area contributed by atoms with Gasteiger partial charge in [-0.3, -0.25) is 0 Å². The zero-order valence-electron chi connectivity index (χ0n) is 8.95.